The summed E-state index contributed by atoms with van der Waals surface area (Å²) < 4.78 is 5.73. The first kappa shape index (κ1) is 16.1. The molecule has 0 saturated heterocycles. The molecule has 0 unspecified atom stereocenters. The van der Waals surface area contributed by atoms with Crippen LogP contribution in [0.4, 0.5) is 5.69 Å². The van der Waals surface area contributed by atoms with Crippen LogP contribution in [0.2, 0.25) is 0 Å². The minimum absolute atomic E-state index is 0.0253. The van der Waals surface area contributed by atoms with Gasteiger partial charge in [0.05, 0.1) is 13.0 Å². The molecular weight excluding hydrogens is 274 g/mol. The standard InChI is InChI=1S/C19H23NO2/c1-13-8-9-14(2)17(12-13)22-11-10-18(21)20-19-15(3)6-5-7-16(19)4/h5-9,12H,10-11H2,1-4H3,(H,20,21). The predicted octanol–water partition coefficient (Wildman–Crippen LogP) is 4.33. The second-order valence-electron chi connectivity index (χ2n) is 5.68. The Hall–Kier alpha value is -2.29. The summed E-state index contributed by atoms with van der Waals surface area (Å²) in [6, 6.07) is 12.1. The van der Waals surface area contributed by atoms with Crippen molar-refractivity contribution in [1.82, 2.24) is 0 Å². The first-order valence-electron chi connectivity index (χ1n) is 7.53. The molecule has 0 aliphatic carbocycles. The van der Waals surface area contributed by atoms with Crippen molar-refractivity contribution in [2.24, 2.45) is 0 Å². The van der Waals surface area contributed by atoms with Gasteiger partial charge < -0.3 is 10.1 Å². The summed E-state index contributed by atoms with van der Waals surface area (Å²) >= 11 is 0. The molecule has 3 heteroatoms. The third kappa shape index (κ3) is 4.10. The molecular formula is C19H23NO2. The molecule has 1 amide bonds. The summed E-state index contributed by atoms with van der Waals surface area (Å²) in [5.41, 5.74) is 5.29. The molecule has 0 saturated carbocycles. The van der Waals surface area contributed by atoms with E-state index in [2.05, 4.69) is 11.4 Å². The lowest BCUT2D eigenvalue weighted by atomic mass is 10.1. The Morgan fingerprint density at radius 2 is 1.68 bits per heavy atom. The lowest BCUT2D eigenvalue weighted by Crippen LogP contribution is -2.16. The van der Waals surface area contributed by atoms with Gasteiger partial charge in [-0.2, -0.15) is 0 Å². The number of carbonyl (C=O) groups is 1. The monoisotopic (exact) mass is 297 g/mol. The van der Waals surface area contributed by atoms with E-state index in [1.807, 2.05) is 58.0 Å². The number of anilines is 1. The molecule has 0 atom stereocenters. The lowest BCUT2D eigenvalue weighted by molar-refractivity contribution is -0.116. The molecule has 2 rings (SSSR count). The Balaban J connectivity index is 1.89. The van der Waals surface area contributed by atoms with Gasteiger partial charge in [-0.3, -0.25) is 4.79 Å². The van der Waals surface area contributed by atoms with Crippen LogP contribution >= 0.6 is 0 Å². The van der Waals surface area contributed by atoms with Gasteiger partial charge in [-0.1, -0.05) is 30.3 Å². The number of nitrogens with one attached hydrogen (secondary N) is 1. The van der Waals surface area contributed by atoms with Crippen LogP contribution in [-0.4, -0.2) is 12.5 Å². The van der Waals surface area contributed by atoms with Crippen molar-refractivity contribution in [3.05, 3.63) is 58.7 Å². The molecule has 0 radical (unpaired) electrons. The Morgan fingerprint density at radius 1 is 1.00 bits per heavy atom. The number of hydrogen-bond donors (Lipinski definition) is 1. The average molecular weight is 297 g/mol. The molecule has 0 fully saturated rings. The van der Waals surface area contributed by atoms with E-state index in [0.29, 0.717) is 13.0 Å². The van der Waals surface area contributed by atoms with Crippen LogP contribution in [0.5, 0.6) is 5.75 Å². The van der Waals surface area contributed by atoms with Crippen molar-refractivity contribution >= 4 is 11.6 Å². The summed E-state index contributed by atoms with van der Waals surface area (Å²) in [5, 5.41) is 2.97. The van der Waals surface area contributed by atoms with E-state index < -0.39 is 0 Å². The molecule has 0 aliphatic rings. The fraction of sp³-hybridized carbons (Fsp3) is 0.316. The van der Waals surface area contributed by atoms with E-state index in [1.165, 1.54) is 0 Å². The molecule has 0 heterocycles. The Labute approximate surface area is 132 Å². The summed E-state index contributed by atoms with van der Waals surface area (Å²) in [7, 11) is 0. The Bertz CT molecular complexity index is 657. The van der Waals surface area contributed by atoms with E-state index in [-0.39, 0.29) is 5.91 Å². The Morgan fingerprint density at radius 3 is 2.36 bits per heavy atom. The smallest absolute Gasteiger partial charge is 0.227 e. The van der Waals surface area contributed by atoms with Crippen LogP contribution in [-0.2, 0) is 4.79 Å². The van der Waals surface area contributed by atoms with Gasteiger partial charge in [-0.05, 0) is 56.0 Å². The molecule has 0 spiro atoms. The van der Waals surface area contributed by atoms with Gasteiger partial charge >= 0.3 is 0 Å². The summed E-state index contributed by atoms with van der Waals surface area (Å²) in [6.45, 7) is 8.40. The average Bonchev–Trinajstić information content (AvgIpc) is 2.47. The normalized spacial score (nSPS) is 10.4. The topological polar surface area (TPSA) is 38.3 Å². The third-order valence-corrected chi connectivity index (χ3v) is 3.68. The first-order chi connectivity index (χ1) is 10.5. The number of benzene rings is 2. The van der Waals surface area contributed by atoms with Gasteiger partial charge in [-0.25, -0.2) is 0 Å². The highest BCUT2D eigenvalue weighted by atomic mass is 16.5. The second-order valence-corrected chi connectivity index (χ2v) is 5.68. The number of ether oxygens (including phenoxy) is 1. The van der Waals surface area contributed by atoms with Crippen LogP contribution in [0.25, 0.3) is 0 Å². The molecule has 0 aromatic heterocycles. The number of carbonyl (C=O) groups excluding carboxylic acids is 1. The van der Waals surface area contributed by atoms with Crippen molar-refractivity contribution in [3.63, 3.8) is 0 Å². The highest BCUT2D eigenvalue weighted by molar-refractivity contribution is 5.92. The maximum Gasteiger partial charge on any atom is 0.227 e. The molecule has 2 aromatic carbocycles. The van der Waals surface area contributed by atoms with Crippen LogP contribution < -0.4 is 10.1 Å². The van der Waals surface area contributed by atoms with Crippen molar-refractivity contribution < 1.29 is 9.53 Å². The Kier molecular flexibility index (Phi) is 5.21. The summed E-state index contributed by atoms with van der Waals surface area (Å²) in [6.07, 6.45) is 0.334. The SMILES string of the molecule is Cc1ccc(C)c(OCCC(=O)Nc2c(C)cccc2C)c1. The molecule has 0 aliphatic heterocycles. The molecule has 116 valence electrons. The highest BCUT2D eigenvalue weighted by Crippen LogP contribution is 2.21. The largest absolute Gasteiger partial charge is 0.493 e. The number of rotatable bonds is 5. The maximum atomic E-state index is 12.1. The van der Waals surface area contributed by atoms with Crippen molar-refractivity contribution in [1.29, 1.82) is 0 Å². The zero-order chi connectivity index (χ0) is 16.1. The third-order valence-electron chi connectivity index (χ3n) is 3.68. The minimum atomic E-state index is -0.0253. The van der Waals surface area contributed by atoms with Crippen LogP contribution in [0.1, 0.15) is 28.7 Å². The van der Waals surface area contributed by atoms with Gasteiger partial charge in [0.15, 0.2) is 0 Å². The lowest BCUT2D eigenvalue weighted by Gasteiger charge is -2.12. The van der Waals surface area contributed by atoms with E-state index in [1.54, 1.807) is 0 Å². The van der Waals surface area contributed by atoms with Gasteiger partial charge in [-0.15, -0.1) is 0 Å². The molecule has 22 heavy (non-hydrogen) atoms. The highest BCUT2D eigenvalue weighted by Gasteiger charge is 2.08. The number of amides is 1. The maximum absolute atomic E-state index is 12.1. The number of aryl methyl sites for hydroxylation is 4. The minimum Gasteiger partial charge on any atom is -0.493 e. The first-order valence-corrected chi connectivity index (χ1v) is 7.53. The van der Waals surface area contributed by atoms with Gasteiger partial charge in [0.2, 0.25) is 5.91 Å². The van der Waals surface area contributed by atoms with Crippen LogP contribution in [0.15, 0.2) is 36.4 Å². The predicted molar refractivity (Wildman–Crippen MR) is 90.6 cm³/mol. The zero-order valence-corrected chi connectivity index (χ0v) is 13.7. The van der Waals surface area contributed by atoms with E-state index in [9.17, 15) is 4.79 Å². The molecule has 1 N–H and O–H groups in total. The van der Waals surface area contributed by atoms with Crippen molar-refractivity contribution in [2.45, 2.75) is 34.1 Å². The molecule has 2 aromatic rings. The van der Waals surface area contributed by atoms with E-state index >= 15 is 0 Å². The zero-order valence-electron chi connectivity index (χ0n) is 13.7. The number of hydrogen-bond acceptors (Lipinski definition) is 2. The fourth-order valence-corrected chi connectivity index (χ4v) is 2.33. The van der Waals surface area contributed by atoms with E-state index in [0.717, 1.165) is 33.7 Å². The van der Waals surface area contributed by atoms with Gasteiger partial charge in [0.1, 0.15) is 5.75 Å². The van der Waals surface area contributed by atoms with Crippen LogP contribution in [0, 0.1) is 27.7 Å². The van der Waals surface area contributed by atoms with Gasteiger partial charge in [0.25, 0.3) is 0 Å². The summed E-state index contributed by atoms with van der Waals surface area (Å²) in [5.74, 6) is 0.822. The fourth-order valence-electron chi connectivity index (χ4n) is 2.33. The van der Waals surface area contributed by atoms with Crippen molar-refractivity contribution in [2.75, 3.05) is 11.9 Å². The number of para-hydroxylation sites is 1. The molecule has 0 bridgehead atoms. The molecule has 3 nitrogen and oxygen atoms in total. The van der Waals surface area contributed by atoms with Crippen molar-refractivity contribution in [3.8, 4) is 5.75 Å². The summed E-state index contributed by atoms with van der Waals surface area (Å²) in [4.78, 5) is 12.1. The second kappa shape index (κ2) is 7.12. The van der Waals surface area contributed by atoms with E-state index in [4.69, 9.17) is 4.74 Å². The quantitative estimate of drug-likeness (QED) is 0.892. The van der Waals surface area contributed by atoms with Gasteiger partial charge in [0, 0.05) is 5.69 Å². The van der Waals surface area contributed by atoms with Crippen LogP contribution in [0.3, 0.4) is 0 Å².